The topological polar surface area (TPSA) is 41.2 Å². The number of nitrogens with one attached hydrogen (secondary N) is 1. The van der Waals surface area contributed by atoms with Gasteiger partial charge in [-0.3, -0.25) is 0 Å². The number of aromatic nitrogens is 2. The number of fused-ring (bicyclic) bond motifs is 1. The number of aromatic amines is 1. The van der Waals surface area contributed by atoms with Gasteiger partial charge < -0.3 is 0 Å². The Bertz CT molecular complexity index is 1000. The number of hydrogen-bond acceptors (Lipinski definition) is 3. The molecule has 0 saturated carbocycles. The summed E-state index contributed by atoms with van der Waals surface area (Å²) in [6.45, 7) is 6.45. The Kier molecular flexibility index (Phi) is 6.11. The van der Waals surface area contributed by atoms with Gasteiger partial charge in [-0.25, -0.2) is 0 Å². The van der Waals surface area contributed by atoms with Crippen molar-refractivity contribution in [3.63, 3.8) is 0 Å². The number of allylic oxidation sites excluding steroid dienone is 3. The normalized spacial score (nSPS) is 23.4. The molecule has 29 heavy (non-hydrogen) atoms. The van der Waals surface area contributed by atoms with Crippen LogP contribution in [0.4, 0.5) is 0 Å². The predicted octanol–water partition coefficient (Wildman–Crippen LogP) is 2.39. The molecule has 1 aromatic heterocycles. The van der Waals surface area contributed by atoms with Crippen molar-refractivity contribution in [2.45, 2.75) is 57.9 Å². The second-order valence-electron chi connectivity index (χ2n) is 8.04. The van der Waals surface area contributed by atoms with Crippen LogP contribution in [0.3, 0.4) is 0 Å². The van der Waals surface area contributed by atoms with E-state index in [2.05, 4.69) is 54.1 Å². The Labute approximate surface area is 189 Å². The SMILES string of the molecule is CCCc1ccc2nc(C3C=CC4=C(C3)[I-]I=C(C)N4C3CCOCC3)[nH]c2c1. The summed E-state index contributed by atoms with van der Waals surface area (Å²) in [6.07, 6.45) is 10.6. The molecule has 6 heteroatoms. The van der Waals surface area contributed by atoms with Crippen molar-refractivity contribution in [2.24, 2.45) is 0 Å². The maximum absolute atomic E-state index is 5.62. The molecule has 1 saturated heterocycles. The van der Waals surface area contributed by atoms with Crippen LogP contribution >= 0.6 is 16.8 Å². The van der Waals surface area contributed by atoms with Crippen LogP contribution in [-0.2, 0) is 11.2 Å². The van der Waals surface area contributed by atoms with Gasteiger partial charge in [0, 0.05) is 0 Å². The molecule has 0 amide bonds. The number of nitrogens with zero attached hydrogens (tertiary/aromatic N) is 2. The van der Waals surface area contributed by atoms with Crippen LogP contribution in [0.25, 0.3) is 11.0 Å². The van der Waals surface area contributed by atoms with Gasteiger partial charge in [0.1, 0.15) is 0 Å². The second-order valence-corrected chi connectivity index (χ2v) is 17.2. The van der Waals surface area contributed by atoms with E-state index < -0.39 is 0 Å². The summed E-state index contributed by atoms with van der Waals surface area (Å²) in [6, 6.07) is 7.34. The molecule has 3 aliphatic rings. The van der Waals surface area contributed by atoms with Gasteiger partial charge in [-0.2, -0.15) is 0 Å². The summed E-state index contributed by atoms with van der Waals surface area (Å²) < 4.78 is 9.06. The van der Waals surface area contributed by atoms with E-state index in [0.717, 1.165) is 50.2 Å². The fraction of sp³-hybridized carbons (Fsp3) is 0.478. The van der Waals surface area contributed by atoms with Crippen LogP contribution in [0.1, 0.15) is 56.8 Å². The number of benzene rings is 1. The molecule has 156 valence electrons. The Morgan fingerprint density at radius 2 is 2.17 bits per heavy atom. The van der Waals surface area contributed by atoms with Gasteiger partial charge in [-0.15, -0.1) is 0 Å². The molecular weight excluding hydrogens is 588 g/mol. The molecule has 1 aliphatic carbocycles. The van der Waals surface area contributed by atoms with Crippen molar-refractivity contribution in [3.05, 3.63) is 51.0 Å². The molecule has 5 rings (SSSR count). The van der Waals surface area contributed by atoms with Gasteiger partial charge >= 0.3 is 190 Å². The van der Waals surface area contributed by atoms with Crippen LogP contribution in [0.15, 0.2) is 39.6 Å². The Morgan fingerprint density at radius 1 is 1.31 bits per heavy atom. The number of rotatable bonds is 4. The third kappa shape index (κ3) is 4.08. The van der Waals surface area contributed by atoms with Crippen LogP contribution in [0.2, 0.25) is 0 Å². The molecule has 1 fully saturated rings. The minimum absolute atomic E-state index is 0.196. The zero-order valence-electron chi connectivity index (χ0n) is 17.0. The van der Waals surface area contributed by atoms with E-state index >= 15 is 0 Å². The molecule has 2 aliphatic heterocycles. The molecule has 0 bridgehead atoms. The molecule has 1 N–H and O–H groups in total. The van der Waals surface area contributed by atoms with Crippen molar-refractivity contribution >= 4 is 31.4 Å². The van der Waals surface area contributed by atoms with Crippen molar-refractivity contribution in [1.82, 2.24) is 14.9 Å². The van der Waals surface area contributed by atoms with Crippen molar-refractivity contribution in [2.75, 3.05) is 13.2 Å². The summed E-state index contributed by atoms with van der Waals surface area (Å²) in [4.78, 5) is 11.3. The van der Waals surface area contributed by atoms with Crippen LogP contribution < -0.4 is 17.2 Å². The fourth-order valence-electron chi connectivity index (χ4n) is 4.51. The Balaban J connectivity index is 1.39. The molecule has 1 atom stereocenters. The van der Waals surface area contributed by atoms with E-state index in [-0.39, 0.29) is 34.0 Å². The van der Waals surface area contributed by atoms with Gasteiger partial charge in [-0.05, 0) is 0 Å². The van der Waals surface area contributed by atoms with E-state index in [4.69, 9.17) is 9.72 Å². The molecule has 1 aromatic carbocycles. The van der Waals surface area contributed by atoms with E-state index in [1.165, 1.54) is 23.2 Å². The maximum atomic E-state index is 5.62. The molecule has 0 spiro atoms. The monoisotopic (exact) mass is 616 g/mol. The second kappa shape index (κ2) is 8.78. The van der Waals surface area contributed by atoms with E-state index in [9.17, 15) is 0 Å². The molecule has 2 aromatic rings. The van der Waals surface area contributed by atoms with E-state index in [0.29, 0.717) is 12.0 Å². The summed E-state index contributed by atoms with van der Waals surface area (Å²) >= 11 is 0.406. The molecular formula is C23H28I2N3O-. The quantitative estimate of drug-likeness (QED) is 0.537. The first-order chi connectivity index (χ1) is 14.2. The van der Waals surface area contributed by atoms with Crippen molar-refractivity contribution < 1.29 is 22.0 Å². The number of aryl methyl sites for hydroxylation is 1. The van der Waals surface area contributed by atoms with Crippen LogP contribution in [-0.4, -0.2) is 37.8 Å². The zero-order valence-corrected chi connectivity index (χ0v) is 21.4. The number of hydrogen-bond donors (Lipinski definition) is 1. The molecule has 0 radical (unpaired) electrons. The number of imidazole rings is 1. The average molecular weight is 616 g/mol. The van der Waals surface area contributed by atoms with Crippen molar-refractivity contribution in [1.29, 1.82) is 0 Å². The minimum atomic E-state index is 0.196. The van der Waals surface area contributed by atoms with E-state index in [1.807, 2.05) is 0 Å². The first kappa shape index (κ1) is 20.2. The first-order valence-corrected chi connectivity index (χ1v) is 19.1. The third-order valence-electron chi connectivity index (χ3n) is 5.99. The van der Waals surface area contributed by atoms with Gasteiger partial charge in [0.15, 0.2) is 0 Å². The number of ether oxygens (including phenoxy) is 1. The van der Waals surface area contributed by atoms with Gasteiger partial charge in [0.05, 0.1) is 0 Å². The Hall–Kier alpha value is -0.740. The summed E-state index contributed by atoms with van der Waals surface area (Å²) in [5.41, 5.74) is 5.23. The number of H-pyrrole nitrogens is 1. The van der Waals surface area contributed by atoms with Crippen LogP contribution in [0.5, 0.6) is 0 Å². The molecule has 1 unspecified atom stereocenters. The number of halogens is 2. The Morgan fingerprint density at radius 3 is 3.00 bits per heavy atom. The van der Waals surface area contributed by atoms with E-state index in [1.54, 1.807) is 7.21 Å². The fourth-order valence-corrected chi connectivity index (χ4v) is 14.7. The summed E-state index contributed by atoms with van der Waals surface area (Å²) in [7, 11) is 0. The van der Waals surface area contributed by atoms with Gasteiger partial charge in [0.2, 0.25) is 0 Å². The van der Waals surface area contributed by atoms with Gasteiger partial charge in [0.25, 0.3) is 0 Å². The average Bonchev–Trinajstić information content (AvgIpc) is 3.18. The third-order valence-corrected chi connectivity index (χ3v) is 17.4. The van der Waals surface area contributed by atoms with Crippen molar-refractivity contribution in [3.8, 4) is 0 Å². The van der Waals surface area contributed by atoms with Gasteiger partial charge in [-0.1, -0.05) is 0 Å². The van der Waals surface area contributed by atoms with Crippen LogP contribution in [0, 0.1) is 0 Å². The first-order valence-electron chi connectivity index (χ1n) is 10.6. The summed E-state index contributed by atoms with van der Waals surface area (Å²) in [5.74, 6) is 1.54. The summed E-state index contributed by atoms with van der Waals surface area (Å²) in [5, 5.41) is 0. The molecule has 3 heterocycles. The zero-order chi connectivity index (χ0) is 19.8. The predicted molar refractivity (Wildman–Crippen MR) is 124 cm³/mol. The molecule has 4 nitrogen and oxygen atoms in total. The standard InChI is InChI=1S/C23H28I2N3O/c1-3-4-16-5-7-20-21(13-16)27-23(26-20)17-6-8-22-19(14-17)25-24-15(2)28(22)18-9-11-29-12-10-18/h5-8,13,17-18H,3-4,9-12,14H2,1-2H3,(H,26,27)/q-1.